The van der Waals surface area contributed by atoms with Crippen LogP contribution in [0.15, 0.2) is 42.5 Å². The third kappa shape index (κ3) is 4.10. The van der Waals surface area contributed by atoms with E-state index in [0.717, 1.165) is 24.1 Å². The van der Waals surface area contributed by atoms with Crippen molar-refractivity contribution in [1.82, 2.24) is 20.7 Å². The molecule has 1 aromatic heterocycles. The van der Waals surface area contributed by atoms with E-state index in [-0.39, 0.29) is 5.91 Å². The zero-order valence-corrected chi connectivity index (χ0v) is 13.6. The molecule has 0 aliphatic heterocycles. The molecule has 1 heterocycles. The number of fused-ring (bicyclic) bond motifs is 1. The summed E-state index contributed by atoms with van der Waals surface area (Å²) < 4.78 is 5.69. The average molecular weight is 324 g/mol. The van der Waals surface area contributed by atoms with Crippen molar-refractivity contribution in [3.05, 3.63) is 53.6 Å². The number of amides is 1. The number of aryl methyl sites for hydroxylation is 1. The zero-order valence-electron chi connectivity index (χ0n) is 13.6. The van der Waals surface area contributed by atoms with Gasteiger partial charge in [-0.2, -0.15) is 15.4 Å². The molecule has 124 valence electrons. The second-order valence-electron chi connectivity index (χ2n) is 5.66. The number of H-pyrrole nitrogens is 1. The molecule has 3 rings (SSSR count). The molecule has 0 unspecified atom stereocenters. The number of nitrogens with one attached hydrogen (secondary N) is 2. The van der Waals surface area contributed by atoms with Gasteiger partial charge in [-0.25, -0.2) is 0 Å². The highest BCUT2D eigenvalue weighted by atomic mass is 16.5. The Morgan fingerprint density at radius 2 is 2.00 bits per heavy atom. The predicted molar refractivity (Wildman–Crippen MR) is 92.1 cm³/mol. The van der Waals surface area contributed by atoms with Gasteiger partial charge in [-0.1, -0.05) is 12.1 Å². The highest BCUT2D eigenvalue weighted by Gasteiger charge is 2.07. The van der Waals surface area contributed by atoms with Crippen LogP contribution in [0.2, 0.25) is 0 Å². The Kier molecular flexibility index (Phi) is 5.05. The van der Waals surface area contributed by atoms with Gasteiger partial charge in [0.1, 0.15) is 16.8 Å². The first-order valence-corrected chi connectivity index (χ1v) is 8.00. The lowest BCUT2D eigenvalue weighted by molar-refractivity contribution is 0.0952. The van der Waals surface area contributed by atoms with Gasteiger partial charge in [0.2, 0.25) is 0 Å². The third-order valence-electron chi connectivity index (χ3n) is 3.69. The summed E-state index contributed by atoms with van der Waals surface area (Å²) >= 11 is 0. The summed E-state index contributed by atoms with van der Waals surface area (Å²) in [6, 6.07) is 13.3. The highest BCUT2D eigenvalue weighted by Crippen LogP contribution is 2.13. The topological polar surface area (TPSA) is 79.9 Å². The number of ether oxygens (including phenoxy) is 1. The van der Waals surface area contributed by atoms with E-state index >= 15 is 0 Å². The average Bonchev–Trinajstić information content (AvgIpc) is 3.05. The third-order valence-corrected chi connectivity index (χ3v) is 3.69. The Morgan fingerprint density at radius 1 is 1.12 bits per heavy atom. The lowest BCUT2D eigenvalue weighted by Crippen LogP contribution is -2.24. The van der Waals surface area contributed by atoms with Crippen LogP contribution in [-0.2, 0) is 0 Å². The molecule has 0 saturated heterocycles. The summed E-state index contributed by atoms with van der Waals surface area (Å²) in [5.41, 5.74) is 3.21. The van der Waals surface area contributed by atoms with Gasteiger partial charge in [-0.3, -0.25) is 4.79 Å². The van der Waals surface area contributed by atoms with Crippen LogP contribution in [0, 0.1) is 6.92 Å². The van der Waals surface area contributed by atoms with Gasteiger partial charge in [0, 0.05) is 12.1 Å². The van der Waals surface area contributed by atoms with Crippen LogP contribution in [0.25, 0.3) is 11.0 Å². The monoisotopic (exact) mass is 324 g/mol. The lowest BCUT2D eigenvalue weighted by Gasteiger charge is -2.08. The molecule has 0 aliphatic rings. The molecular weight excluding hydrogens is 304 g/mol. The van der Waals surface area contributed by atoms with Gasteiger partial charge in [-0.05, 0) is 55.7 Å². The maximum absolute atomic E-state index is 12.1. The fraction of sp³-hybridized carbons (Fsp3) is 0.278. The van der Waals surface area contributed by atoms with Crippen molar-refractivity contribution in [1.29, 1.82) is 0 Å². The maximum atomic E-state index is 12.1. The van der Waals surface area contributed by atoms with E-state index in [4.69, 9.17) is 4.74 Å². The predicted octanol–water partition coefficient (Wildman–Crippen LogP) is 2.86. The molecule has 6 heteroatoms. The van der Waals surface area contributed by atoms with Crippen molar-refractivity contribution < 1.29 is 9.53 Å². The Labute approximate surface area is 140 Å². The quantitative estimate of drug-likeness (QED) is 0.655. The highest BCUT2D eigenvalue weighted by molar-refractivity contribution is 5.97. The van der Waals surface area contributed by atoms with Crippen LogP contribution in [0.1, 0.15) is 28.8 Å². The Balaban J connectivity index is 1.37. The standard InChI is InChI=1S/C18H20N4O2/c1-13-5-4-6-15(11-13)24-10-3-2-9-19-18(23)14-7-8-16-17(12-14)21-22-20-16/h4-8,11-12H,2-3,9-10H2,1H3,(H,19,23)(H,20,21,22). The van der Waals surface area contributed by atoms with Gasteiger partial charge < -0.3 is 10.1 Å². The first-order chi connectivity index (χ1) is 11.7. The van der Waals surface area contributed by atoms with Gasteiger partial charge >= 0.3 is 0 Å². The van der Waals surface area contributed by atoms with Crippen LogP contribution < -0.4 is 10.1 Å². The summed E-state index contributed by atoms with van der Waals surface area (Å²) in [6.45, 7) is 3.30. The Hall–Kier alpha value is -2.89. The van der Waals surface area contributed by atoms with Crippen LogP contribution in [0.3, 0.4) is 0 Å². The SMILES string of the molecule is Cc1cccc(OCCCCNC(=O)c2ccc3n[nH]nc3c2)c1. The largest absolute Gasteiger partial charge is 0.494 e. The zero-order chi connectivity index (χ0) is 16.8. The van der Waals surface area contributed by atoms with E-state index in [1.165, 1.54) is 5.56 Å². The summed E-state index contributed by atoms with van der Waals surface area (Å²) in [7, 11) is 0. The van der Waals surface area contributed by atoms with Gasteiger partial charge in [-0.15, -0.1) is 0 Å². The second kappa shape index (κ2) is 7.59. The number of carbonyl (C=O) groups excluding carboxylic acids is 1. The molecule has 0 aliphatic carbocycles. The molecule has 0 spiro atoms. The van der Waals surface area contributed by atoms with Crippen molar-refractivity contribution in [2.45, 2.75) is 19.8 Å². The van der Waals surface area contributed by atoms with Crippen molar-refractivity contribution >= 4 is 16.9 Å². The van der Waals surface area contributed by atoms with Crippen molar-refractivity contribution in [3.63, 3.8) is 0 Å². The molecule has 1 amide bonds. The van der Waals surface area contributed by atoms with Gasteiger partial charge in [0.15, 0.2) is 0 Å². The molecule has 0 radical (unpaired) electrons. The van der Waals surface area contributed by atoms with Crippen LogP contribution in [-0.4, -0.2) is 34.5 Å². The molecule has 2 aromatic carbocycles. The molecule has 0 saturated carbocycles. The molecule has 0 atom stereocenters. The van der Waals surface area contributed by atoms with Gasteiger partial charge in [0.25, 0.3) is 5.91 Å². The minimum Gasteiger partial charge on any atom is -0.494 e. The van der Waals surface area contributed by atoms with Crippen LogP contribution in [0.5, 0.6) is 5.75 Å². The molecule has 2 N–H and O–H groups in total. The molecule has 0 fully saturated rings. The summed E-state index contributed by atoms with van der Waals surface area (Å²) in [6.07, 6.45) is 1.75. The minimum absolute atomic E-state index is 0.0977. The molecule has 24 heavy (non-hydrogen) atoms. The number of rotatable bonds is 7. The normalized spacial score (nSPS) is 10.7. The molecule has 0 bridgehead atoms. The second-order valence-corrected chi connectivity index (χ2v) is 5.66. The number of aromatic amines is 1. The van der Waals surface area contributed by atoms with E-state index in [1.807, 2.05) is 31.2 Å². The Bertz CT molecular complexity index is 829. The lowest BCUT2D eigenvalue weighted by atomic mass is 10.2. The van der Waals surface area contributed by atoms with Gasteiger partial charge in [0.05, 0.1) is 6.61 Å². The maximum Gasteiger partial charge on any atom is 0.251 e. The molecular formula is C18H20N4O2. The van der Waals surface area contributed by atoms with E-state index in [2.05, 4.69) is 20.7 Å². The fourth-order valence-corrected chi connectivity index (χ4v) is 2.41. The smallest absolute Gasteiger partial charge is 0.251 e. The van der Waals surface area contributed by atoms with Crippen molar-refractivity contribution in [2.75, 3.05) is 13.2 Å². The number of hydrogen-bond donors (Lipinski definition) is 2. The number of carbonyl (C=O) groups is 1. The number of aromatic nitrogens is 3. The summed E-state index contributed by atoms with van der Waals surface area (Å²) in [4.78, 5) is 12.1. The Morgan fingerprint density at radius 3 is 2.88 bits per heavy atom. The fourth-order valence-electron chi connectivity index (χ4n) is 2.41. The first-order valence-electron chi connectivity index (χ1n) is 8.00. The molecule has 6 nitrogen and oxygen atoms in total. The summed E-state index contributed by atoms with van der Waals surface area (Å²) in [5.74, 6) is 0.791. The summed E-state index contributed by atoms with van der Waals surface area (Å²) in [5, 5.41) is 13.4. The number of unbranched alkanes of at least 4 members (excludes halogenated alkanes) is 1. The number of nitrogens with zero attached hydrogens (tertiary/aromatic N) is 2. The number of benzene rings is 2. The van der Waals surface area contributed by atoms with E-state index < -0.39 is 0 Å². The van der Waals surface area contributed by atoms with E-state index in [1.54, 1.807) is 18.2 Å². The van der Waals surface area contributed by atoms with E-state index in [0.29, 0.717) is 24.2 Å². The minimum atomic E-state index is -0.0977. The molecule has 3 aromatic rings. The number of hydrogen-bond acceptors (Lipinski definition) is 4. The van der Waals surface area contributed by atoms with E-state index in [9.17, 15) is 4.79 Å². The van der Waals surface area contributed by atoms with Crippen molar-refractivity contribution in [2.24, 2.45) is 0 Å². The van der Waals surface area contributed by atoms with Crippen LogP contribution in [0.4, 0.5) is 0 Å². The van der Waals surface area contributed by atoms with Crippen LogP contribution >= 0.6 is 0 Å². The first kappa shape index (κ1) is 16.0. The van der Waals surface area contributed by atoms with Crippen molar-refractivity contribution in [3.8, 4) is 5.75 Å².